The Morgan fingerprint density at radius 2 is 1.81 bits per heavy atom. The van der Waals surface area contributed by atoms with Crippen molar-refractivity contribution in [2.24, 2.45) is 0 Å². The maximum Gasteiger partial charge on any atom is 0.303 e. The average Bonchev–Trinajstić information content (AvgIpc) is 2.58. The smallest absolute Gasteiger partial charge is 0.303 e. The summed E-state index contributed by atoms with van der Waals surface area (Å²) in [6.07, 6.45) is -6.72. The molecule has 0 aliphatic carbocycles. The molecule has 0 unspecified atom stereocenters. The molecule has 5 atom stereocenters. The second kappa shape index (κ2) is 8.42. The number of hydrogen-bond donors (Lipinski definition) is 2. The molecule has 0 saturated carbocycles. The number of esters is 1. The van der Waals surface area contributed by atoms with Gasteiger partial charge in [0.15, 0.2) is 12.4 Å². The Labute approximate surface area is 151 Å². The standard InChI is InChI=1S/C16H22O9S/c1-9-4-6-11(7-5-9)26(20,21)23-8-12-13(18)15(24-10(2)17)14(19)16(22-3)25-12/h4-7,12-16,18-19H,8H2,1-3H3/t12-,13-,14-,15+,16-/m1/s1. The fourth-order valence-corrected chi connectivity index (χ4v) is 3.41. The van der Waals surface area contributed by atoms with E-state index in [1.807, 2.05) is 6.92 Å². The van der Waals surface area contributed by atoms with Crippen molar-refractivity contribution in [1.29, 1.82) is 0 Å². The number of methoxy groups -OCH3 is 1. The molecule has 0 bridgehead atoms. The summed E-state index contributed by atoms with van der Waals surface area (Å²) in [5.74, 6) is -0.725. The third-order valence-corrected chi connectivity index (χ3v) is 5.17. The largest absolute Gasteiger partial charge is 0.457 e. The molecule has 10 heteroatoms. The van der Waals surface area contributed by atoms with Crippen molar-refractivity contribution in [2.45, 2.75) is 49.4 Å². The van der Waals surface area contributed by atoms with Gasteiger partial charge in [-0.15, -0.1) is 0 Å². The molecular formula is C16H22O9S. The number of carbonyl (C=O) groups is 1. The van der Waals surface area contributed by atoms with Gasteiger partial charge in [-0.2, -0.15) is 8.42 Å². The van der Waals surface area contributed by atoms with Crippen LogP contribution in [-0.4, -0.2) is 69.0 Å². The molecule has 2 rings (SSSR count). The topological polar surface area (TPSA) is 129 Å². The molecule has 0 amide bonds. The number of ether oxygens (including phenoxy) is 3. The van der Waals surface area contributed by atoms with E-state index in [-0.39, 0.29) is 4.90 Å². The van der Waals surface area contributed by atoms with Gasteiger partial charge in [-0.1, -0.05) is 17.7 Å². The van der Waals surface area contributed by atoms with Crippen LogP contribution >= 0.6 is 0 Å². The van der Waals surface area contributed by atoms with Crippen molar-refractivity contribution < 1.29 is 41.8 Å². The molecule has 1 aromatic rings. The van der Waals surface area contributed by atoms with Crippen LogP contribution in [0.5, 0.6) is 0 Å². The van der Waals surface area contributed by atoms with Crippen molar-refractivity contribution in [3.8, 4) is 0 Å². The maximum atomic E-state index is 12.2. The van der Waals surface area contributed by atoms with Gasteiger partial charge < -0.3 is 24.4 Å². The van der Waals surface area contributed by atoms with Gasteiger partial charge in [0.2, 0.25) is 0 Å². The van der Waals surface area contributed by atoms with Gasteiger partial charge in [0.05, 0.1) is 11.5 Å². The molecule has 1 saturated heterocycles. The van der Waals surface area contributed by atoms with Gasteiger partial charge in [-0.3, -0.25) is 8.98 Å². The zero-order valence-corrected chi connectivity index (χ0v) is 15.4. The summed E-state index contributed by atoms with van der Waals surface area (Å²) in [6.45, 7) is 2.38. The molecule has 1 aliphatic heterocycles. The molecule has 1 fully saturated rings. The Kier molecular flexibility index (Phi) is 6.72. The molecule has 0 aromatic heterocycles. The SMILES string of the molecule is CO[C@@H]1O[C@H](COS(=O)(=O)c2ccc(C)cc2)[C@@H](O)[C@H](OC(C)=O)[C@H]1O. The first-order valence-corrected chi connectivity index (χ1v) is 9.24. The fourth-order valence-electron chi connectivity index (χ4n) is 2.50. The Morgan fingerprint density at radius 3 is 2.35 bits per heavy atom. The molecule has 0 spiro atoms. The maximum absolute atomic E-state index is 12.2. The van der Waals surface area contributed by atoms with Gasteiger partial charge in [0.1, 0.15) is 18.3 Å². The van der Waals surface area contributed by atoms with Crippen LogP contribution in [0.3, 0.4) is 0 Å². The summed E-state index contributed by atoms with van der Waals surface area (Å²) >= 11 is 0. The van der Waals surface area contributed by atoms with Crippen molar-refractivity contribution in [3.63, 3.8) is 0 Å². The highest BCUT2D eigenvalue weighted by atomic mass is 32.2. The predicted molar refractivity (Wildman–Crippen MR) is 87.6 cm³/mol. The monoisotopic (exact) mass is 390 g/mol. The summed E-state index contributed by atoms with van der Waals surface area (Å²) < 4.78 is 44.6. The van der Waals surface area contributed by atoms with Crippen LogP contribution in [0.15, 0.2) is 29.2 Å². The third kappa shape index (κ3) is 4.78. The number of aryl methyl sites for hydroxylation is 1. The van der Waals surface area contributed by atoms with E-state index in [9.17, 15) is 23.4 Å². The van der Waals surface area contributed by atoms with E-state index in [0.29, 0.717) is 0 Å². The summed E-state index contributed by atoms with van der Waals surface area (Å²) in [7, 11) is -2.83. The number of aliphatic hydroxyl groups excluding tert-OH is 2. The second-order valence-electron chi connectivity index (χ2n) is 5.89. The van der Waals surface area contributed by atoms with E-state index in [1.165, 1.54) is 19.2 Å². The van der Waals surface area contributed by atoms with Gasteiger partial charge >= 0.3 is 5.97 Å². The van der Waals surface area contributed by atoms with E-state index in [0.717, 1.165) is 12.5 Å². The van der Waals surface area contributed by atoms with Crippen LogP contribution in [0.2, 0.25) is 0 Å². The molecule has 1 aliphatic rings. The minimum atomic E-state index is -4.08. The second-order valence-corrected chi connectivity index (χ2v) is 7.50. The quantitative estimate of drug-likeness (QED) is 0.498. The lowest BCUT2D eigenvalue weighted by molar-refractivity contribution is -0.295. The molecule has 1 aromatic carbocycles. The normalized spacial score (nSPS) is 29.3. The molecule has 9 nitrogen and oxygen atoms in total. The van der Waals surface area contributed by atoms with Crippen molar-refractivity contribution >= 4 is 16.1 Å². The highest BCUT2D eigenvalue weighted by Gasteiger charge is 2.47. The number of benzene rings is 1. The molecule has 1 heterocycles. The lowest BCUT2D eigenvalue weighted by atomic mass is 9.99. The first kappa shape index (κ1) is 20.7. The molecule has 26 heavy (non-hydrogen) atoms. The fraction of sp³-hybridized carbons (Fsp3) is 0.562. The van der Waals surface area contributed by atoms with E-state index in [1.54, 1.807) is 12.1 Å². The highest BCUT2D eigenvalue weighted by molar-refractivity contribution is 7.86. The zero-order valence-electron chi connectivity index (χ0n) is 14.6. The highest BCUT2D eigenvalue weighted by Crippen LogP contribution is 2.25. The average molecular weight is 390 g/mol. The Balaban J connectivity index is 2.11. The lowest BCUT2D eigenvalue weighted by Crippen LogP contribution is -2.60. The van der Waals surface area contributed by atoms with E-state index < -0.39 is 53.4 Å². The third-order valence-electron chi connectivity index (χ3n) is 3.87. The number of hydrogen-bond acceptors (Lipinski definition) is 9. The summed E-state index contributed by atoms with van der Waals surface area (Å²) in [4.78, 5) is 11.1. The first-order chi connectivity index (χ1) is 12.2. The van der Waals surface area contributed by atoms with Gasteiger partial charge in [0, 0.05) is 14.0 Å². The van der Waals surface area contributed by atoms with Crippen LogP contribution in [0.1, 0.15) is 12.5 Å². The van der Waals surface area contributed by atoms with Crippen molar-refractivity contribution in [1.82, 2.24) is 0 Å². The number of aliphatic hydroxyl groups is 2. The van der Waals surface area contributed by atoms with Gasteiger partial charge in [-0.25, -0.2) is 0 Å². The minimum Gasteiger partial charge on any atom is -0.457 e. The lowest BCUT2D eigenvalue weighted by Gasteiger charge is -2.41. The van der Waals surface area contributed by atoms with Crippen LogP contribution in [-0.2, 0) is 33.3 Å². The van der Waals surface area contributed by atoms with Crippen molar-refractivity contribution in [2.75, 3.05) is 13.7 Å². The zero-order chi connectivity index (χ0) is 19.5. The Hall–Kier alpha value is -1.56. The molecule has 146 valence electrons. The molecular weight excluding hydrogens is 368 g/mol. The Morgan fingerprint density at radius 1 is 1.19 bits per heavy atom. The number of carbonyl (C=O) groups excluding carboxylic acids is 1. The van der Waals surface area contributed by atoms with Crippen molar-refractivity contribution in [3.05, 3.63) is 29.8 Å². The summed E-state index contributed by atoms with van der Waals surface area (Å²) in [6, 6.07) is 6.03. The van der Waals surface area contributed by atoms with E-state index in [4.69, 9.17) is 18.4 Å². The van der Waals surface area contributed by atoms with E-state index >= 15 is 0 Å². The van der Waals surface area contributed by atoms with Gasteiger partial charge in [-0.05, 0) is 19.1 Å². The Bertz CT molecular complexity index is 716. The number of rotatable bonds is 6. The van der Waals surface area contributed by atoms with E-state index in [2.05, 4.69) is 0 Å². The van der Waals surface area contributed by atoms with Crippen LogP contribution in [0.4, 0.5) is 0 Å². The summed E-state index contributed by atoms with van der Waals surface area (Å²) in [5, 5.41) is 20.3. The van der Waals surface area contributed by atoms with Crippen LogP contribution in [0.25, 0.3) is 0 Å². The summed E-state index contributed by atoms with van der Waals surface area (Å²) in [5.41, 5.74) is 0.885. The van der Waals surface area contributed by atoms with Gasteiger partial charge in [0.25, 0.3) is 10.1 Å². The minimum absolute atomic E-state index is 0.0479. The first-order valence-electron chi connectivity index (χ1n) is 7.83. The molecule has 2 N–H and O–H groups in total. The van der Waals surface area contributed by atoms with Crippen LogP contribution in [0, 0.1) is 6.92 Å². The predicted octanol–water partition coefficient (Wildman–Crippen LogP) is -0.275. The van der Waals surface area contributed by atoms with Crippen LogP contribution < -0.4 is 0 Å². The molecule has 0 radical (unpaired) electrons.